The molecule has 0 saturated carbocycles. The molecule has 2 aromatic heterocycles. The molecule has 3 rings (SSSR count). The van der Waals surface area contributed by atoms with Gasteiger partial charge in [0.05, 0.1) is 10.6 Å². The Morgan fingerprint density at radius 2 is 1.63 bits per heavy atom. The van der Waals surface area contributed by atoms with Crippen molar-refractivity contribution in [2.24, 2.45) is 0 Å². The number of aromatic nitrogens is 3. The Bertz CT molecular complexity index is 942. The minimum Gasteiger partial charge on any atom is -0.416 e. The third-order valence-corrected chi connectivity index (χ3v) is 6.81. The Labute approximate surface area is 157 Å². The van der Waals surface area contributed by atoms with Crippen molar-refractivity contribution in [3.8, 4) is 11.7 Å². The summed E-state index contributed by atoms with van der Waals surface area (Å²) in [6.07, 6.45) is 0. The smallest absolute Gasteiger partial charge is 0.286 e. The minimum absolute atomic E-state index is 0.0236. The van der Waals surface area contributed by atoms with Gasteiger partial charge in [-0.1, -0.05) is 25.9 Å². The van der Waals surface area contributed by atoms with Crippen molar-refractivity contribution < 1.29 is 22.4 Å². The molecule has 0 aliphatic rings. The largest absolute Gasteiger partial charge is 0.416 e. The maximum atomic E-state index is 13.2. The first-order valence-electron chi connectivity index (χ1n) is 8.28. The van der Waals surface area contributed by atoms with Crippen molar-refractivity contribution in [3.63, 3.8) is 0 Å². The fraction of sp³-hybridized carbons (Fsp3) is 0.389. The molecule has 2 N–H and O–H groups in total. The number of hydrogen-bond donors (Lipinski definition) is 2. The summed E-state index contributed by atoms with van der Waals surface area (Å²) in [6.45, 7) is 9.13. The first kappa shape index (κ1) is 19.5. The minimum atomic E-state index is -3.40. The van der Waals surface area contributed by atoms with Gasteiger partial charge in [-0.05, 0) is 38.1 Å². The summed E-state index contributed by atoms with van der Waals surface area (Å²) in [6, 6.07) is 6.70. The van der Waals surface area contributed by atoms with Crippen LogP contribution in [0.2, 0.25) is 0 Å². The maximum Gasteiger partial charge on any atom is 0.286 e. The van der Waals surface area contributed by atoms with Crippen LogP contribution < -0.4 is 0 Å². The van der Waals surface area contributed by atoms with E-state index in [9.17, 15) is 13.5 Å². The molecule has 0 radical (unpaired) electrons. The molecule has 0 aliphatic carbocycles. The summed E-state index contributed by atoms with van der Waals surface area (Å²) in [4.78, 5) is 0.184. The predicted molar refractivity (Wildman–Crippen MR) is 99.0 cm³/mol. The van der Waals surface area contributed by atoms with E-state index in [1.807, 2.05) is 20.8 Å². The van der Waals surface area contributed by atoms with Gasteiger partial charge in [0, 0.05) is 11.5 Å². The summed E-state index contributed by atoms with van der Waals surface area (Å²) in [5, 5.41) is 11.9. The predicted octanol–water partition coefficient (Wildman–Crippen LogP) is 5.21. The van der Waals surface area contributed by atoms with Crippen LogP contribution in [-0.4, -0.2) is 24.5 Å². The monoisotopic (exact) mass is 395 g/mol. The Morgan fingerprint density at radius 1 is 1.00 bits per heavy atom. The van der Waals surface area contributed by atoms with Gasteiger partial charge in [-0.3, -0.25) is 9.11 Å². The van der Waals surface area contributed by atoms with Crippen molar-refractivity contribution in [2.75, 3.05) is 0 Å². The van der Waals surface area contributed by atoms with Gasteiger partial charge in [0.15, 0.2) is 0 Å². The van der Waals surface area contributed by atoms with E-state index in [1.54, 1.807) is 19.9 Å². The number of nitrogens with zero attached hydrogens (tertiary/aromatic N) is 3. The molecule has 2 heterocycles. The highest BCUT2D eigenvalue weighted by Crippen LogP contribution is 2.63. The van der Waals surface area contributed by atoms with Gasteiger partial charge in [0.2, 0.25) is 11.7 Å². The highest BCUT2D eigenvalue weighted by molar-refractivity contribution is 8.25. The van der Waals surface area contributed by atoms with E-state index < -0.39 is 21.2 Å². The summed E-state index contributed by atoms with van der Waals surface area (Å²) in [5.41, 5.74) is 0.522. The van der Waals surface area contributed by atoms with E-state index >= 15 is 0 Å². The molecular formula is C18H22FN3O4S. The first-order valence-corrected chi connectivity index (χ1v) is 9.82. The lowest BCUT2D eigenvalue weighted by Gasteiger charge is -2.44. The molecule has 9 heteroatoms. The fourth-order valence-electron chi connectivity index (χ4n) is 2.34. The second-order valence-corrected chi connectivity index (χ2v) is 10.3. The standard InChI is InChI=1S/C18H22FN3O4S/c1-17(2,3)14-10-13(26-22-14)15-20-21-16(25-15)18(4,5)27(23,24)12-8-6-11(19)7-9-12/h6-10,23-24H,1-5H3. The van der Waals surface area contributed by atoms with E-state index in [2.05, 4.69) is 15.4 Å². The SMILES string of the molecule is CC(C)(C)c1cc(-c2nnc(C(C)(C)S(O)(O)c3ccc(F)cc3)o2)on1. The zero-order chi connectivity index (χ0) is 20.0. The van der Waals surface area contributed by atoms with Crippen molar-refractivity contribution in [1.29, 1.82) is 0 Å². The zero-order valence-corrected chi connectivity index (χ0v) is 16.5. The summed E-state index contributed by atoms with van der Waals surface area (Å²) in [7, 11) is -3.40. The number of rotatable bonds is 4. The third-order valence-electron chi connectivity index (χ3n) is 4.28. The number of halogens is 1. The summed E-state index contributed by atoms with van der Waals surface area (Å²) in [5.74, 6) is -0.0505. The lowest BCUT2D eigenvalue weighted by atomic mass is 9.92. The quantitative estimate of drug-likeness (QED) is 0.625. The van der Waals surface area contributed by atoms with E-state index in [4.69, 9.17) is 8.94 Å². The summed E-state index contributed by atoms with van der Waals surface area (Å²) < 4.78 is 44.4. The molecule has 146 valence electrons. The van der Waals surface area contributed by atoms with Gasteiger partial charge in [0.25, 0.3) is 5.89 Å². The van der Waals surface area contributed by atoms with Gasteiger partial charge < -0.3 is 8.94 Å². The highest BCUT2D eigenvalue weighted by atomic mass is 32.3. The number of hydrogen-bond acceptors (Lipinski definition) is 7. The molecule has 0 amide bonds. The molecule has 0 unspecified atom stereocenters. The van der Waals surface area contributed by atoms with Crippen LogP contribution in [0.4, 0.5) is 4.39 Å². The second kappa shape index (κ2) is 6.43. The molecule has 1 aromatic carbocycles. The fourth-order valence-corrected chi connectivity index (χ4v) is 3.77. The molecule has 0 spiro atoms. The molecular weight excluding hydrogens is 373 g/mol. The van der Waals surface area contributed by atoms with Gasteiger partial charge in [-0.2, -0.15) is 10.6 Å². The molecule has 0 fully saturated rings. The molecule has 0 saturated heterocycles. The van der Waals surface area contributed by atoms with Crippen molar-refractivity contribution in [2.45, 2.75) is 49.7 Å². The normalized spacial score (nSPS) is 13.8. The lowest BCUT2D eigenvalue weighted by Crippen LogP contribution is -2.26. The molecule has 3 aromatic rings. The Kier molecular flexibility index (Phi) is 4.65. The molecule has 0 bridgehead atoms. The van der Waals surface area contributed by atoms with Crippen LogP contribution in [0.25, 0.3) is 11.7 Å². The topological polar surface area (TPSA) is 105 Å². The van der Waals surface area contributed by atoms with Gasteiger partial charge in [0.1, 0.15) is 10.6 Å². The third kappa shape index (κ3) is 3.50. The summed E-state index contributed by atoms with van der Waals surface area (Å²) >= 11 is 0. The zero-order valence-electron chi connectivity index (χ0n) is 15.7. The van der Waals surface area contributed by atoms with Crippen LogP contribution in [-0.2, 0) is 10.2 Å². The van der Waals surface area contributed by atoms with Crippen LogP contribution in [0.1, 0.15) is 46.2 Å². The molecule has 27 heavy (non-hydrogen) atoms. The van der Waals surface area contributed by atoms with Crippen molar-refractivity contribution >= 4 is 10.6 Å². The molecule has 7 nitrogen and oxygen atoms in total. The van der Waals surface area contributed by atoms with Crippen LogP contribution in [0.3, 0.4) is 0 Å². The average Bonchev–Trinajstić information content (AvgIpc) is 3.24. The van der Waals surface area contributed by atoms with Crippen LogP contribution in [0.15, 0.2) is 44.2 Å². The molecule has 0 aliphatic heterocycles. The van der Waals surface area contributed by atoms with E-state index in [-0.39, 0.29) is 22.1 Å². The van der Waals surface area contributed by atoms with E-state index in [1.165, 1.54) is 24.3 Å². The van der Waals surface area contributed by atoms with E-state index in [0.29, 0.717) is 5.76 Å². The van der Waals surface area contributed by atoms with Crippen molar-refractivity contribution in [1.82, 2.24) is 15.4 Å². The van der Waals surface area contributed by atoms with E-state index in [0.717, 1.165) is 5.69 Å². The Morgan fingerprint density at radius 3 is 2.19 bits per heavy atom. The second-order valence-electron chi connectivity index (χ2n) is 7.75. The van der Waals surface area contributed by atoms with Crippen LogP contribution in [0.5, 0.6) is 0 Å². The van der Waals surface area contributed by atoms with Crippen LogP contribution >= 0.6 is 10.6 Å². The highest BCUT2D eigenvalue weighted by Gasteiger charge is 2.42. The van der Waals surface area contributed by atoms with Gasteiger partial charge >= 0.3 is 0 Å². The Hall–Kier alpha value is -2.23. The van der Waals surface area contributed by atoms with Crippen molar-refractivity contribution in [3.05, 3.63) is 47.7 Å². The van der Waals surface area contributed by atoms with Gasteiger partial charge in [-0.15, -0.1) is 10.2 Å². The first-order chi connectivity index (χ1) is 12.4. The van der Waals surface area contributed by atoms with Gasteiger partial charge in [-0.25, -0.2) is 4.39 Å². The lowest BCUT2D eigenvalue weighted by molar-refractivity contribution is 0.372. The Balaban J connectivity index is 1.94. The molecule has 0 atom stereocenters. The van der Waals surface area contributed by atoms with Crippen LogP contribution in [0, 0.1) is 5.82 Å². The number of benzene rings is 1. The maximum absolute atomic E-state index is 13.2. The average molecular weight is 395 g/mol.